The average Bonchev–Trinajstić information content (AvgIpc) is 3.13. The average molecular weight is 331 g/mol. The van der Waals surface area contributed by atoms with Crippen molar-refractivity contribution in [3.05, 3.63) is 42.7 Å². The van der Waals surface area contributed by atoms with Gasteiger partial charge in [-0.15, -0.1) is 0 Å². The third-order valence-corrected chi connectivity index (χ3v) is 3.94. The molecular weight excluding hydrogens is 306 g/mol. The molecule has 2 rings (SSSR count). The van der Waals surface area contributed by atoms with Gasteiger partial charge in [-0.25, -0.2) is 4.98 Å². The SMILES string of the molecule is CCN(CC)C(CNC(=O)CN(C)c1cnccn1)c1ccco1. The van der Waals surface area contributed by atoms with E-state index in [1.807, 2.05) is 19.2 Å². The number of hydrogen-bond donors (Lipinski definition) is 1. The first-order valence-corrected chi connectivity index (χ1v) is 8.17. The molecule has 2 heterocycles. The maximum atomic E-state index is 12.2. The van der Waals surface area contributed by atoms with Crippen molar-refractivity contribution in [2.75, 3.05) is 38.1 Å². The normalized spacial score (nSPS) is 12.2. The number of rotatable bonds is 9. The van der Waals surface area contributed by atoms with Gasteiger partial charge in [0.1, 0.15) is 11.6 Å². The van der Waals surface area contributed by atoms with Crippen molar-refractivity contribution in [1.29, 1.82) is 0 Å². The lowest BCUT2D eigenvalue weighted by Gasteiger charge is -2.28. The largest absolute Gasteiger partial charge is 0.468 e. The molecule has 2 aromatic heterocycles. The van der Waals surface area contributed by atoms with Crippen molar-refractivity contribution in [2.24, 2.45) is 0 Å². The van der Waals surface area contributed by atoms with Crippen molar-refractivity contribution in [2.45, 2.75) is 19.9 Å². The van der Waals surface area contributed by atoms with E-state index in [1.54, 1.807) is 29.8 Å². The van der Waals surface area contributed by atoms with E-state index in [2.05, 4.69) is 34.0 Å². The summed E-state index contributed by atoms with van der Waals surface area (Å²) < 4.78 is 5.54. The van der Waals surface area contributed by atoms with Crippen molar-refractivity contribution in [3.8, 4) is 0 Å². The Morgan fingerprint density at radius 3 is 2.71 bits per heavy atom. The fraction of sp³-hybridized carbons (Fsp3) is 0.471. The quantitative estimate of drug-likeness (QED) is 0.754. The number of carbonyl (C=O) groups excluding carboxylic acids is 1. The molecule has 0 radical (unpaired) electrons. The van der Waals surface area contributed by atoms with Crippen molar-refractivity contribution < 1.29 is 9.21 Å². The highest BCUT2D eigenvalue weighted by Crippen LogP contribution is 2.20. The summed E-state index contributed by atoms with van der Waals surface area (Å²) >= 11 is 0. The molecule has 0 fully saturated rings. The van der Waals surface area contributed by atoms with Gasteiger partial charge in [0.25, 0.3) is 0 Å². The van der Waals surface area contributed by atoms with E-state index >= 15 is 0 Å². The minimum absolute atomic E-state index is 0.0285. The van der Waals surface area contributed by atoms with E-state index in [4.69, 9.17) is 4.42 Å². The van der Waals surface area contributed by atoms with Crippen LogP contribution in [0.3, 0.4) is 0 Å². The van der Waals surface area contributed by atoms with Gasteiger partial charge < -0.3 is 14.6 Å². The molecule has 0 saturated carbocycles. The molecule has 0 aromatic carbocycles. The van der Waals surface area contributed by atoms with Crippen LogP contribution in [0.5, 0.6) is 0 Å². The van der Waals surface area contributed by atoms with Gasteiger partial charge in [0.15, 0.2) is 0 Å². The van der Waals surface area contributed by atoms with Crippen LogP contribution in [0.25, 0.3) is 0 Å². The number of hydrogen-bond acceptors (Lipinski definition) is 6. The molecule has 0 aliphatic rings. The van der Waals surface area contributed by atoms with Crippen LogP contribution in [-0.2, 0) is 4.79 Å². The monoisotopic (exact) mass is 331 g/mol. The Morgan fingerprint density at radius 2 is 2.12 bits per heavy atom. The van der Waals surface area contributed by atoms with Crippen LogP contribution in [0.2, 0.25) is 0 Å². The topological polar surface area (TPSA) is 74.5 Å². The van der Waals surface area contributed by atoms with Gasteiger partial charge in [0, 0.05) is 26.0 Å². The van der Waals surface area contributed by atoms with E-state index in [0.29, 0.717) is 12.4 Å². The molecule has 0 aliphatic carbocycles. The molecule has 1 atom stereocenters. The van der Waals surface area contributed by atoms with Crippen molar-refractivity contribution >= 4 is 11.7 Å². The Bertz CT molecular complexity index is 599. The summed E-state index contributed by atoms with van der Waals surface area (Å²) in [5.41, 5.74) is 0. The smallest absolute Gasteiger partial charge is 0.239 e. The van der Waals surface area contributed by atoms with E-state index in [-0.39, 0.29) is 18.5 Å². The summed E-state index contributed by atoms with van der Waals surface area (Å²) in [7, 11) is 1.82. The fourth-order valence-corrected chi connectivity index (χ4v) is 2.61. The second-order valence-electron chi connectivity index (χ2n) is 5.48. The highest BCUT2D eigenvalue weighted by molar-refractivity contribution is 5.80. The summed E-state index contributed by atoms with van der Waals surface area (Å²) in [6.45, 7) is 6.70. The third-order valence-electron chi connectivity index (χ3n) is 3.94. The Balaban J connectivity index is 1.92. The van der Waals surface area contributed by atoms with Gasteiger partial charge in [0.05, 0.1) is 25.0 Å². The van der Waals surface area contributed by atoms with Crippen molar-refractivity contribution in [3.63, 3.8) is 0 Å². The third kappa shape index (κ3) is 4.79. The van der Waals surface area contributed by atoms with Gasteiger partial charge in [-0.05, 0) is 25.2 Å². The summed E-state index contributed by atoms with van der Waals surface area (Å²) in [5.74, 6) is 1.46. The predicted molar refractivity (Wildman–Crippen MR) is 92.7 cm³/mol. The van der Waals surface area contributed by atoms with Crippen molar-refractivity contribution in [1.82, 2.24) is 20.2 Å². The number of furan rings is 1. The van der Waals surface area contributed by atoms with E-state index < -0.39 is 0 Å². The highest BCUT2D eigenvalue weighted by Gasteiger charge is 2.21. The molecule has 0 saturated heterocycles. The lowest BCUT2D eigenvalue weighted by atomic mass is 10.2. The molecular formula is C17H25N5O2. The number of carbonyl (C=O) groups is 1. The Labute approximate surface area is 142 Å². The maximum Gasteiger partial charge on any atom is 0.239 e. The van der Waals surface area contributed by atoms with Crippen LogP contribution >= 0.6 is 0 Å². The summed E-state index contributed by atoms with van der Waals surface area (Å²) in [5, 5.41) is 2.99. The van der Waals surface area contributed by atoms with Crippen LogP contribution in [-0.4, -0.2) is 54.0 Å². The van der Waals surface area contributed by atoms with Crippen LogP contribution < -0.4 is 10.2 Å². The van der Waals surface area contributed by atoms with Gasteiger partial charge in [-0.3, -0.25) is 14.7 Å². The first kappa shape index (κ1) is 17.9. The zero-order valence-corrected chi connectivity index (χ0v) is 14.5. The second-order valence-corrected chi connectivity index (χ2v) is 5.48. The number of aromatic nitrogens is 2. The number of amides is 1. The second kappa shape index (κ2) is 9.02. The maximum absolute atomic E-state index is 12.2. The lowest BCUT2D eigenvalue weighted by molar-refractivity contribution is -0.120. The van der Waals surface area contributed by atoms with Gasteiger partial charge in [-0.2, -0.15) is 0 Å². The van der Waals surface area contributed by atoms with E-state index in [9.17, 15) is 4.79 Å². The number of anilines is 1. The number of nitrogens with zero attached hydrogens (tertiary/aromatic N) is 4. The highest BCUT2D eigenvalue weighted by atomic mass is 16.3. The zero-order chi connectivity index (χ0) is 17.4. The van der Waals surface area contributed by atoms with Crippen LogP contribution in [0, 0.1) is 0 Å². The van der Waals surface area contributed by atoms with Crippen LogP contribution in [0.15, 0.2) is 41.4 Å². The molecule has 1 unspecified atom stereocenters. The van der Waals surface area contributed by atoms with Crippen LogP contribution in [0.4, 0.5) is 5.82 Å². The van der Waals surface area contributed by atoms with Gasteiger partial charge in [0.2, 0.25) is 5.91 Å². The summed E-state index contributed by atoms with van der Waals surface area (Å²) in [6, 6.07) is 3.84. The summed E-state index contributed by atoms with van der Waals surface area (Å²) in [4.78, 5) is 24.5. The molecule has 130 valence electrons. The van der Waals surface area contributed by atoms with Gasteiger partial charge in [-0.1, -0.05) is 13.8 Å². The van der Waals surface area contributed by atoms with Crippen LogP contribution in [0.1, 0.15) is 25.6 Å². The fourth-order valence-electron chi connectivity index (χ4n) is 2.61. The molecule has 0 aliphatic heterocycles. The minimum atomic E-state index is -0.0631. The molecule has 7 nitrogen and oxygen atoms in total. The first-order chi connectivity index (χ1) is 11.7. The Hall–Kier alpha value is -2.41. The molecule has 24 heavy (non-hydrogen) atoms. The summed E-state index contributed by atoms with van der Waals surface area (Å²) in [6.07, 6.45) is 6.51. The van der Waals surface area contributed by atoms with Gasteiger partial charge >= 0.3 is 0 Å². The Morgan fingerprint density at radius 1 is 1.33 bits per heavy atom. The minimum Gasteiger partial charge on any atom is -0.468 e. The number of nitrogens with one attached hydrogen (secondary N) is 1. The molecule has 0 spiro atoms. The lowest BCUT2D eigenvalue weighted by Crippen LogP contribution is -2.41. The molecule has 0 bridgehead atoms. The first-order valence-electron chi connectivity index (χ1n) is 8.17. The molecule has 1 N–H and O–H groups in total. The predicted octanol–water partition coefficient (Wildman–Crippen LogP) is 1.71. The molecule has 2 aromatic rings. The molecule has 1 amide bonds. The van der Waals surface area contributed by atoms with E-state index in [1.165, 1.54) is 0 Å². The molecule has 7 heteroatoms. The number of likely N-dealkylation sites (N-methyl/N-ethyl adjacent to an activating group) is 2. The standard InChI is InChI=1S/C17H25N5O2/c1-4-22(5-2)14(15-7-6-10-24-15)11-20-17(23)13-21(3)16-12-18-8-9-19-16/h6-10,12,14H,4-5,11,13H2,1-3H3,(H,20,23). The van der Waals surface area contributed by atoms with E-state index in [0.717, 1.165) is 18.8 Å². The zero-order valence-electron chi connectivity index (χ0n) is 14.5. The Kier molecular flexibility index (Phi) is 6.74.